The fourth-order valence-corrected chi connectivity index (χ4v) is 2.03. The summed E-state index contributed by atoms with van der Waals surface area (Å²) in [5, 5.41) is 27.0. The van der Waals surface area contributed by atoms with Gasteiger partial charge in [0, 0.05) is 88.2 Å². The third-order valence-electron chi connectivity index (χ3n) is 3.34. The molecule has 0 aromatic heterocycles. The molecule has 0 atom stereocenters. The van der Waals surface area contributed by atoms with E-state index in [4.69, 9.17) is 0 Å². The van der Waals surface area contributed by atoms with Crippen LogP contribution in [-0.4, -0.2) is 34.5 Å². The summed E-state index contributed by atoms with van der Waals surface area (Å²) in [5.74, 6) is -0.703. The van der Waals surface area contributed by atoms with Crippen LogP contribution in [0.4, 0.5) is 0 Å². The van der Waals surface area contributed by atoms with E-state index in [1.165, 1.54) is 24.6 Å². The zero-order chi connectivity index (χ0) is 19.1. The molecule has 0 amide bonds. The van der Waals surface area contributed by atoms with Gasteiger partial charge in [-0.3, -0.25) is 29.8 Å². The van der Waals surface area contributed by atoms with Gasteiger partial charge in [0.2, 0.25) is 0 Å². The first-order valence-corrected chi connectivity index (χ1v) is 7.42. The second-order valence-corrected chi connectivity index (χ2v) is 5.16. The first kappa shape index (κ1) is 22.1. The number of carbonyl (C=O) groups excluding carboxylic acids is 2. The Bertz CT molecular complexity index is 781. The summed E-state index contributed by atoms with van der Waals surface area (Å²) in [6.07, 6.45) is 9.58. The number of hydrogen-bond acceptors (Lipinski definition) is 8. The second kappa shape index (κ2) is 10.3. The van der Waals surface area contributed by atoms with Gasteiger partial charge in [-0.2, -0.15) is 0 Å². The van der Waals surface area contributed by atoms with Crippen molar-refractivity contribution in [3.63, 3.8) is 0 Å². The van der Waals surface area contributed by atoms with Crippen molar-refractivity contribution in [2.75, 3.05) is 13.1 Å². The SMILES string of the molecule is O=C1C=CC([N+](=O)[O-])=CC1=CNCCNC=C1C=C([N+](=O)[O-])C=CC1=O.[Cd]. The number of hydrogen-bond donors (Lipinski definition) is 2. The summed E-state index contributed by atoms with van der Waals surface area (Å²) in [7, 11) is 0. The number of rotatable bonds is 7. The minimum absolute atomic E-state index is 0. The van der Waals surface area contributed by atoms with Crippen LogP contribution in [-0.2, 0) is 36.9 Å². The summed E-state index contributed by atoms with van der Waals surface area (Å²) in [5.41, 5.74) is -0.0528. The molecular formula is C16H14CdN4O6. The molecule has 0 fully saturated rings. The Morgan fingerprint density at radius 3 is 1.48 bits per heavy atom. The monoisotopic (exact) mass is 472 g/mol. The fraction of sp³-hybridized carbons (Fsp3) is 0.125. The van der Waals surface area contributed by atoms with E-state index in [1.54, 1.807) is 0 Å². The summed E-state index contributed by atoms with van der Waals surface area (Å²) in [6.45, 7) is 0.698. The molecule has 0 aliphatic heterocycles. The molecule has 0 bridgehead atoms. The zero-order valence-electron chi connectivity index (χ0n) is 14.1. The van der Waals surface area contributed by atoms with Crippen molar-refractivity contribution < 1.29 is 46.7 Å². The van der Waals surface area contributed by atoms with E-state index in [1.807, 2.05) is 0 Å². The zero-order valence-corrected chi connectivity index (χ0v) is 18.1. The van der Waals surface area contributed by atoms with Crippen LogP contribution in [0.5, 0.6) is 0 Å². The van der Waals surface area contributed by atoms with Crippen molar-refractivity contribution in [1.82, 2.24) is 10.6 Å². The maximum atomic E-state index is 11.6. The minimum atomic E-state index is -0.590. The van der Waals surface area contributed by atoms with Gasteiger partial charge in [0.15, 0.2) is 11.6 Å². The van der Waals surface area contributed by atoms with Crippen molar-refractivity contribution in [3.05, 3.63) is 91.6 Å². The predicted molar refractivity (Wildman–Crippen MR) is 90.6 cm³/mol. The Balaban J connectivity index is 0.00000364. The van der Waals surface area contributed by atoms with Crippen LogP contribution in [0.25, 0.3) is 0 Å². The number of nitrogens with one attached hydrogen (secondary N) is 2. The molecule has 0 heterocycles. The number of nitro groups is 2. The fourth-order valence-electron chi connectivity index (χ4n) is 2.03. The molecule has 0 saturated carbocycles. The molecular weight excluding hydrogens is 457 g/mol. The molecule has 0 radical (unpaired) electrons. The first-order chi connectivity index (χ1) is 12.4. The number of nitrogens with zero attached hydrogens (tertiary/aromatic N) is 2. The van der Waals surface area contributed by atoms with Gasteiger partial charge in [0.25, 0.3) is 11.4 Å². The molecule has 0 saturated heterocycles. The minimum Gasteiger partial charge on any atom is -0.389 e. The van der Waals surface area contributed by atoms with E-state index in [0.29, 0.717) is 13.1 Å². The Labute approximate surface area is 173 Å². The Kier molecular flexibility index (Phi) is 8.45. The Hall–Kier alpha value is -2.90. The number of allylic oxidation sites excluding steroid dienone is 8. The topological polar surface area (TPSA) is 144 Å². The van der Waals surface area contributed by atoms with Crippen molar-refractivity contribution in [2.24, 2.45) is 0 Å². The molecule has 2 aliphatic rings. The quantitative estimate of drug-likeness (QED) is 0.180. The maximum Gasteiger partial charge on any atom is 0.270 e. The average molecular weight is 471 g/mol. The van der Waals surface area contributed by atoms with Gasteiger partial charge >= 0.3 is 0 Å². The van der Waals surface area contributed by atoms with E-state index < -0.39 is 9.85 Å². The van der Waals surface area contributed by atoms with E-state index in [9.17, 15) is 29.8 Å². The molecule has 27 heavy (non-hydrogen) atoms. The van der Waals surface area contributed by atoms with Crippen molar-refractivity contribution in [3.8, 4) is 0 Å². The predicted octanol–water partition coefficient (Wildman–Crippen LogP) is 0.530. The van der Waals surface area contributed by atoms with Crippen molar-refractivity contribution in [2.45, 2.75) is 0 Å². The molecule has 2 rings (SSSR count). The van der Waals surface area contributed by atoms with Gasteiger partial charge in [0.1, 0.15) is 0 Å². The normalized spacial score (nSPS) is 18.7. The maximum absolute atomic E-state index is 11.6. The van der Waals surface area contributed by atoms with Crippen LogP contribution in [0.3, 0.4) is 0 Å². The summed E-state index contributed by atoms with van der Waals surface area (Å²) in [6, 6.07) is 0. The van der Waals surface area contributed by atoms with Gasteiger partial charge in [0.05, 0.1) is 9.85 Å². The van der Waals surface area contributed by atoms with Gasteiger partial charge in [-0.15, -0.1) is 0 Å². The summed E-state index contributed by atoms with van der Waals surface area (Å²) >= 11 is 0. The molecule has 136 valence electrons. The third-order valence-corrected chi connectivity index (χ3v) is 3.34. The Morgan fingerprint density at radius 2 is 1.15 bits per heavy atom. The first-order valence-electron chi connectivity index (χ1n) is 7.42. The van der Waals surface area contributed by atoms with Gasteiger partial charge in [-0.05, 0) is 12.2 Å². The van der Waals surface area contributed by atoms with E-state index >= 15 is 0 Å². The number of carbonyl (C=O) groups is 2. The molecule has 10 nitrogen and oxygen atoms in total. The standard InChI is InChI=1S/C16H14N4O6.Cd/c21-15-3-1-13(19(23)24)7-11(15)9-17-5-6-18-10-12-8-14(20(25)26)2-4-16(12)22;/h1-4,7-10,17-18H,5-6H2;. The van der Waals surface area contributed by atoms with Crippen molar-refractivity contribution >= 4 is 11.6 Å². The molecule has 11 heteroatoms. The summed E-state index contributed by atoms with van der Waals surface area (Å²) in [4.78, 5) is 43.4. The molecule has 2 aliphatic carbocycles. The third kappa shape index (κ3) is 6.40. The van der Waals surface area contributed by atoms with E-state index in [2.05, 4.69) is 10.6 Å². The molecule has 0 aromatic carbocycles. The van der Waals surface area contributed by atoms with Crippen LogP contribution < -0.4 is 10.6 Å². The van der Waals surface area contributed by atoms with E-state index in [0.717, 1.165) is 24.3 Å². The van der Waals surface area contributed by atoms with Crippen LogP contribution >= 0.6 is 0 Å². The number of ketones is 2. The molecule has 2 N–H and O–H groups in total. The van der Waals surface area contributed by atoms with Crippen LogP contribution in [0.1, 0.15) is 0 Å². The largest absolute Gasteiger partial charge is 0.389 e. The van der Waals surface area contributed by atoms with Crippen LogP contribution in [0.2, 0.25) is 0 Å². The van der Waals surface area contributed by atoms with Crippen molar-refractivity contribution in [1.29, 1.82) is 0 Å². The van der Waals surface area contributed by atoms with E-state index in [-0.39, 0.29) is 61.4 Å². The Morgan fingerprint density at radius 1 is 0.778 bits per heavy atom. The smallest absolute Gasteiger partial charge is 0.270 e. The summed E-state index contributed by atoms with van der Waals surface area (Å²) < 4.78 is 0. The van der Waals surface area contributed by atoms with Gasteiger partial charge in [-0.25, -0.2) is 0 Å². The van der Waals surface area contributed by atoms with Crippen LogP contribution in [0.15, 0.2) is 71.4 Å². The van der Waals surface area contributed by atoms with Crippen LogP contribution in [0, 0.1) is 20.2 Å². The second-order valence-electron chi connectivity index (χ2n) is 5.16. The molecule has 0 unspecified atom stereocenters. The molecule has 0 spiro atoms. The molecule has 0 aromatic rings. The van der Waals surface area contributed by atoms with Gasteiger partial charge in [-0.1, -0.05) is 0 Å². The average Bonchev–Trinajstić information content (AvgIpc) is 2.60. The van der Waals surface area contributed by atoms with Gasteiger partial charge < -0.3 is 10.6 Å².